The maximum atomic E-state index is 11.1. The summed E-state index contributed by atoms with van der Waals surface area (Å²) in [5, 5.41) is 10.5. The predicted molar refractivity (Wildman–Crippen MR) is 50.5 cm³/mol. The predicted octanol–water partition coefficient (Wildman–Crippen LogP) is 1.80. The minimum atomic E-state index is -0.480. The first kappa shape index (κ1) is 9.27. The van der Waals surface area contributed by atoms with Crippen LogP contribution < -0.4 is 0 Å². The number of nitrogens with zero attached hydrogens (tertiary/aromatic N) is 2. The van der Waals surface area contributed by atoms with Crippen molar-refractivity contribution in [1.29, 1.82) is 5.26 Å². The van der Waals surface area contributed by atoms with Crippen molar-refractivity contribution in [2.45, 2.75) is 0 Å². The normalized spacial score (nSPS) is 8.23. The van der Waals surface area contributed by atoms with Gasteiger partial charge in [0.25, 0.3) is 5.91 Å². The summed E-state index contributed by atoms with van der Waals surface area (Å²) in [6.45, 7) is 0. The minimum absolute atomic E-state index is 0.344. The van der Waals surface area contributed by atoms with Gasteiger partial charge in [-0.2, -0.15) is 10.3 Å². The third-order valence-corrected chi connectivity index (χ3v) is 1.48. The molecule has 0 aromatic heterocycles. The lowest BCUT2D eigenvalue weighted by atomic mass is 10.1. The van der Waals surface area contributed by atoms with Crippen molar-refractivity contribution in [2.75, 3.05) is 0 Å². The lowest BCUT2D eigenvalue weighted by Gasteiger charge is -1.92. The van der Waals surface area contributed by atoms with Crippen LogP contribution in [0.4, 0.5) is 0 Å². The standard InChI is InChI=1S/C9H4N2OS/c10-5-7-2-1-3-8(4-7)9(12)11-6-13/h1-4H. The average Bonchev–Trinajstić information content (AvgIpc) is 2.18. The summed E-state index contributed by atoms with van der Waals surface area (Å²) in [6.07, 6.45) is 0. The molecule has 0 unspecified atom stereocenters. The molecule has 0 bridgehead atoms. The van der Waals surface area contributed by atoms with Crippen molar-refractivity contribution in [3.8, 4) is 6.07 Å². The molecule has 0 aliphatic heterocycles. The number of amides is 1. The highest BCUT2D eigenvalue weighted by Gasteiger charge is 2.02. The van der Waals surface area contributed by atoms with Gasteiger partial charge in [0.1, 0.15) is 0 Å². The molecule has 0 aliphatic carbocycles. The Bertz CT molecular complexity index is 427. The van der Waals surface area contributed by atoms with Gasteiger partial charge in [-0.1, -0.05) is 6.07 Å². The van der Waals surface area contributed by atoms with Crippen LogP contribution in [-0.2, 0) is 0 Å². The molecular formula is C9H4N2OS. The molecule has 0 radical (unpaired) electrons. The molecule has 0 spiro atoms. The third-order valence-electron chi connectivity index (χ3n) is 1.39. The van der Waals surface area contributed by atoms with E-state index in [4.69, 9.17) is 5.26 Å². The monoisotopic (exact) mass is 188 g/mol. The van der Waals surface area contributed by atoms with Crippen molar-refractivity contribution < 1.29 is 4.79 Å². The summed E-state index contributed by atoms with van der Waals surface area (Å²) in [5.74, 6) is -0.480. The van der Waals surface area contributed by atoms with E-state index in [9.17, 15) is 4.79 Å². The Balaban J connectivity index is 3.10. The Kier molecular flexibility index (Phi) is 3.04. The SMILES string of the molecule is N#Cc1cccc(C(=O)N=C=S)c1. The number of benzene rings is 1. The molecule has 0 saturated heterocycles. The molecule has 1 aromatic rings. The van der Waals surface area contributed by atoms with Crippen LogP contribution in [0.5, 0.6) is 0 Å². The Morgan fingerprint density at radius 3 is 2.92 bits per heavy atom. The highest BCUT2D eigenvalue weighted by molar-refractivity contribution is 7.78. The highest BCUT2D eigenvalue weighted by Crippen LogP contribution is 2.04. The molecule has 4 heteroatoms. The minimum Gasteiger partial charge on any atom is -0.266 e. The summed E-state index contributed by atoms with van der Waals surface area (Å²) < 4.78 is 0. The van der Waals surface area contributed by atoms with Crippen molar-refractivity contribution in [3.05, 3.63) is 35.4 Å². The maximum absolute atomic E-state index is 11.1. The van der Waals surface area contributed by atoms with Crippen LogP contribution in [0.3, 0.4) is 0 Å². The van der Waals surface area contributed by atoms with E-state index in [0.717, 1.165) is 0 Å². The van der Waals surface area contributed by atoms with Crippen LogP contribution in [0, 0.1) is 11.3 Å². The first-order valence-electron chi connectivity index (χ1n) is 3.40. The number of isothiocyanates is 1. The molecule has 0 N–H and O–H groups in total. The number of carbonyl (C=O) groups excluding carboxylic acids is 1. The van der Waals surface area contributed by atoms with Crippen LogP contribution in [0.1, 0.15) is 15.9 Å². The molecule has 0 aliphatic rings. The zero-order chi connectivity index (χ0) is 9.68. The third kappa shape index (κ3) is 2.31. The lowest BCUT2D eigenvalue weighted by Crippen LogP contribution is -1.93. The molecule has 3 nitrogen and oxygen atoms in total. The van der Waals surface area contributed by atoms with E-state index in [1.165, 1.54) is 6.07 Å². The number of thiocarbonyl (C=S) groups is 1. The van der Waals surface area contributed by atoms with E-state index in [2.05, 4.69) is 17.2 Å². The fourth-order valence-corrected chi connectivity index (χ4v) is 0.911. The van der Waals surface area contributed by atoms with Crippen LogP contribution in [-0.4, -0.2) is 11.1 Å². The molecule has 0 fully saturated rings. The number of rotatable bonds is 1. The largest absolute Gasteiger partial charge is 0.285 e. The van der Waals surface area contributed by atoms with Gasteiger partial charge in [-0.05, 0) is 30.4 Å². The average molecular weight is 188 g/mol. The number of nitriles is 1. The molecule has 13 heavy (non-hydrogen) atoms. The van der Waals surface area contributed by atoms with Gasteiger partial charge >= 0.3 is 0 Å². The second kappa shape index (κ2) is 4.27. The smallest absolute Gasteiger partial charge is 0.266 e. The quantitative estimate of drug-likeness (QED) is 0.498. The second-order valence-corrected chi connectivity index (χ2v) is 2.38. The molecule has 62 valence electrons. The van der Waals surface area contributed by atoms with E-state index in [0.29, 0.717) is 11.1 Å². The summed E-state index contributed by atoms with van der Waals surface area (Å²) in [6, 6.07) is 8.17. The van der Waals surface area contributed by atoms with Crippen molar-refractivity contribution in [1.82, 2.24) is 0 Å². The van der Waals surface area contributed by atoms with Gasteiger partial charge in [0.15, 0.2) is 0 Å². The van der Waals surface area contributed by atoms with Crippen molar-refractivity contribution >= 4 is 23.3 Å². The molecule has 1 amide bonds. The second-order valence-electron chi connectivity index (χ2n) is 2.20. The lowest BCUT2D eigenvalue weighted by molar-refractivity contribution is 0.100. The van der Waals surface area contributed by atoms with E-state index >= 15 is 0 Å². The first-order chi connectivity index (χ1) is 6.27. The number of hydrogen-bond acceptors (Lipinski definition) is 3. The van der Waals surface area contributed by atoms with E-state index < -0.39 is 5.91 Å². The summed E-state index contributed by atoms with van der Waals surface area (Å²) in [4.78, 5) is 14.4. The molecule has 0 saturated carbocycles. The molecule has 1 rings (SSSR count). The maximum Gasteiger partial charge on any atom is 0.285 e. The number of carbonyl (C=O) groups is 1. The van der Waals surface area contributed by atoms with Gasteiger partial charge in [0, 0.05) is 5.56 Å². The topological polar surface area (TPSA) is 53.2 Å². The molecular weight excluding hydrogens is 184 g/mol. The van der Waals surface area contributed by atoms with Gasteiger partial charge in [-0.25, -0.2) is 0 Å². The zero-order valence-corrected chi connectivity index (χ0v) is 7.34. The molecule has 1 aromatic carbocycles. The van der Waals surface area contributed by atoms with E-state index in [-0.39, 0.29) is 0 Å². The summed E-state index contributed by atoms with van der Waals surface area (Å²) >= 11 is 4.29. The number of hydrogen-bond donors (Lipinski definition) is 0. The Morgan fingerprint density at radius 2 is 2.31 bits per heavy atom. The molecule has 0 atom stereocenters. The van der Waals surface area contributed by atoms with Gasteiger partial charge in [-0.3, -0.25) is 4.79 Å². The Labute approximate surface area is 80.3 Å². The molecule has 0 heterocycles. The zero-order valence-electron chi connectivity index (χ0n) is 6.52. The van der Waals surface area contributed by atoms with Gasteiger partial charge in [0.2, 0.25) is 0 Å². The van der Waals surface area contributed by atoms with Crippen LogP contribution >= 0.6 is 12.2 Å². The number of aliphatic imine (C=N–C) groups is 1. The fraction of sp³-hybridized carbons (Fsp3) is 0. The summed E-state index contributed by atoms with van der Waals surface area (Å²) in [7, 11) is 0. The van der Waals surface area contributed by atoms with Gasteiger partial charge in [0.05, 0.1) is 16.8 Å². The van der Waals surface area contributed by atoms with E-state index in [1.54, 1.807) is 18.2 Å². The Morgan fingerprint density at radius 1 is 1.54 bits per heavy atom. The first-order valence-corrected chi connectivity index (χ1v) is 3.81. The van der Waals surface area contributed by atoms with Crippen molar-refractivity contribution in [3.63, 3.8) is 0 Å². The van der Waals surface area contributed by atoms with Crippen LogP contribution in [0.15, 0.2) is 29.3 Å². The van der Waals surface area contributed by atoms with E-state index in [1.807, 2.05) is 11.2 Å². The highest BCUT2D eigenvalue weighted by atomic mass is 32.1. The van der Waals surface area contributed by atoms with Crippen LogP contribution in [0.25, 0.3) is 0 Å². The fourth-order valence-electron chi connectivity index (χ4n) is 0.828. The Hall–Kier alpha value is -1.82. The van der Waals surface area contributed by atoms with Crippen LogP contribution in [0.2, 0.25) is 0 Å². The van der Waals surface area contributed by atoms with Gasteiger partial charge < -0.3 is 0 Å². The van der Waals surface area contributed by atoms with Crippen molar-refractivity contribution in [2.24, 2.45) is 4.99 Å². The summed E-state index contributed by atoms with van der Waals surface area (Å²) in [5.41, 5.74) is 0.766. The van der Waals surface area contributed by atoms with Gasteiger partial charge in [-0.15, -0.1) is 0 Å².